The molecular weight excluding hydrogens is 410 g/mol. The van der Waals surface area contributed by atoms with E-state index >= 15 is 0 Å². The van der Waals surface area contributed by atoms with Crippen LogP contribution in [-0.2, 0) is 11.3 Å². The molecular formula is C24H21N3O5. The van der Waals surface area contributed by atoms with E-state index in [9.17, 15) is 14.4 Å². The van der Waals surface area contributed by atoms with Crippen LogP contribution in [0.4, 0.5) is 11.4 Å². The van der Waals surface area contributed by atoms with Crippen LogP contribution in [0.25, 0.3) is 11.1 Å². The average molecular weight is 431 g/mol. The minimum absolute atomic E-state index is 0.261. The van der Waals surface area contributed by atoms with Crippen molar-refractivity contribution in [3.8, 4) is 5.75 Å². The zero-order valence-electron chi connectivity index (χ0n) is 17.3. The van der Waals surface area contributed by atoms with Crippen LogP contribution in [0.1, 0.15) is 17.3 Å². The van der Waals surface area contributed by atoms with Crippen LogP contribution in [0.15, 0.2) is 82.0 Å². The molecule has 0 spiro atoms. The van der Waals surface area contributed by atoms with Crippen molar-refractivity contribution in [3.63, 3.8) is 0 Å². The Morgan fingerprint density at radius 1 is 0.938 bits per heavy atom. The average Bonchev–Trinajstić information content (AvgIpc) is 3.10. The molecule has 8 nitrogen and oxygen atoms in total. The van der Waals surface area contributed by atoms with Crippen molar-refractivity contribution in [2.24, 2.45) is 0 Å². The Balaban J connectivity index is 1.52. The van der Waals surface area contributed by atoms with Gasteiger partial charge in [0.15, 0.2) is 5.58 Å². The molecule has 0 aliphatic rings. The smallest absolute Gasteiger partial charge is 0.420 e. The number of benzene rings is 3. The van der Waals surface area contributed by atoms with E-state index in [4.69, 9.17) is 9.15 Å². The number of para-hydroxylation sites is 1. The second-order valence-electron chi connectivity index (χ2n) is 6.96. The lowest BCUT2D eigenvalue weighted by Crippen LogP contribution is -2.24. The van der Waals surface area contributed by atoms with E-state index in [1.807, 2.05) is 25.1 Å². The summed E-state index contributed by atoms with van der Waals surface area (Å²) in [5.74, 6) is -0.721. The summed E-state index contributed by atoms with van der Waals surface area (Å²) in [6.07, 6.45) is 0. The molecule has 2 amide bonds. The number of hydrogen-bond donors (Lipinski definition) is 2. The molecule has 4 rings (SSSR count). The lowest BCUT2D eigenvalue weighted by molar-refractivity contribution is -0.116. The molecule has 0 radical (unpaired) electrons. The third kappa shape index (κ3) is 4.70. The number of carbonyl (C=O) groups is 2. The summed E-state index contributed by atoms with van der Waals surface area (Å²) in [5.41, 5.74) is 2.21. The highest BCUT2D eigenvalue weighted by Gasteiger charge is 2.16. The number of hydrogen-bond acceptors (Lipinski definition) is 5. The van der Waals surface area contributed by atoms with E-state index in [0.717, 1.165) is 0 Å². The minimum Gasteiger partial charge on any atom is -0.494 e. The topological polar surface area (TPSA) is 103 Å². The SMILES string of the molecule is CCOc1ccc(NC(=O)Cn2c(=O)oc3ccc(C(=O)Nc4ccccc4)cc32)cc1. The number of anilines is 2. The molecule has 4 aromatic rings. The summed E-state index contributed by atoms with van der Waals surface area (Å²) in [7, 11) is 0. The predicted octanol–water partition coefficient (Wildman–Crippen LogP) is 3.88. The van der Waals surface area contributed by atoms with E-state index in [2.05, 4.69) is 10.6 Å². The number of carbonyl (C=O) groups excluding carboxylic acids is 2. The van der Waals surface area contributed by atoms with Gasteiger partial charge in [0, 0.05) is 16.9 Å². The van der Waals surface area contributed by atoms with Crippen molar-refractivity contribution in [1.82, 2.24) is 4.57 Å². The zero-order valence-corrected chi connectivity index (χ0v) is 17.3. The van der Waals surface area contributed by atoms with Gasteiger partial charge in [-0.2, -0.15) is 0 Å². The summed E-state index contributed by atoms with van der Waals surface area (Å²) in [4.78, 5) is 37.4. The van der Waals surface area contributed by atoms with Gasteiger partial charge in [0.05, 0.1) is 12.1 Å². The van der Waals surface area contributed by atoms with Gasteiger partial charge in [-0.25, -0.2) is 4.79 Å². The van der Waals surface area contributed by atoms with Crippen LogP contribution < -0.4 is 21.1 Å². The Morgan fingerprint density at radius 2 is 1.66 bits per heavy atom. The highest BCUT2D eigenvalue weighted by Crippen LogP contribution is 2.18. The molecule has 0 saturated heterocycles. The summed E-state index contributed by atoms with van der Waals surface area (Å²) in [6, 6.07) is 20.6. The van der Waals surface area contributed by atoms with Gasteiger partial charge in [-0.3, -0.25) is 14.2 Å². The first-order valence-corrected chi connectivity index (χ1v) is 10.1. The van der Waals surface area contributed by atoms with Crippen LogP contribution in [0.5, 0.6) is 5.75 Å². The number of ether oxygens (including phenoxy) is 1. The Kier molecular flexibility index (Phi) is 6.03. The number of fused-ring (bicyclic) bond motifs is 1. The number of nitrogens with one attached hydrogen (secondary N) is 2. The van der Waals surface area contributed by atoms with Crippen LogP contribution in [0.3, 0.4) is 0 Å². The zero-order chi connectivity index (χ0) is 22.5. The van der Waals surface area contributed by atoms with Crippen LogP contribution in [0, 0.1) is 0 Å². The van der Waals surface area contributed by atoms with Gasteiger partial charge in [-0.15, -0.1) is 0 Å². The normalized spacial score (nSPS) is 10.7. The minimum atomic E-state index is -0.678. The van der Waals surface area contributed by atoms with E-state index in [1.54, 1.807) is 42.5 Å². The van der Waals surface area contributed by atoms with Gasteiger partial charge in [0.1, 0.15) is 12.3 Å². The Labute approximate surface area is 183 Å². The lowest BCUT2D eigenvalue weighted by Gasteiger charge is -2.08. The number of aromatic nitrogens is 1. The quantitative estimate of drug-likeness (QED) is 0.462. The molecule has 1 aromatic heterocycles. The molecule has 0 atom stereocenters. The van der Waals surface area contributed by atoms with Gasteiger partial charge >= 0.3 is 5.76 Å². The van der Waals surface area contributed by atoms with Crippen molar-refractivity contribution >= 4 is 34.3 Å². The van der Waals surface area contributed by atoms with Crippen LogP contribution in [0.2, 0.25) is 0 Å². The maximum Gasteiger partial charge on any atom is 0.420 e. The van der Waals surface area contributed by atoms with Gasteiger partial charge < -0.3 is 19.8 Å². The van der Waals surface area contributed by atoms with Crippen molar-refractivity contribution in [2.75, 3.05) is 17.2 Å². The molecule has 3 aromatic carbocycles. The Hall–Kier alpha value is -4.33. The second kappa shape index (κ2) is 9.22. The monoisotopic (exact) mass is 431 g/mol. The first-order chi connectivity index (χ1) is 15.5. The van der Waals surface area contributed by atoms with Crippen molar-refractivity contribution in [3.05, 3.63) is 88.9 Å². The Morgan fingerprint density at radius 3 is 2.38 bits per heavy atom. The number of oxazole rings is 1. The third-order valence-corrected chi connectivity index (χ3v) is 4.71. The summed E-state index contributed by atoms with van der Waals surface area (Å²) in [5, 5.41) is 5.53. The fraction of sp³-hybridized carbons (Fsp3) is 0.125. The molecule has 2 N–H and O–H groups in total. The molecule has 0 aliphatic heterocycles. The molecule has 32 heavy (non-hydrogen) atoms. The number of nitrogens with zero attached hydrogens (tertiary/aromatic N) is 1. The number of amides is 2. The largest absolute Gasteiger partial charge is 0.494 e. The molecule has 1 heterocycles. The van der Waals surface area contributed by atoms with Crippen LogP contribution in [-0.4, -0.2) is 23.0 Å². The first kappa shape index (κ1) is 20.9. The molecule has 0 saturated carbocycles. The lowest BCUT2D eigenvalue weighted by atomic mass is 10.2. The van der Waals surface area contributed by atoms with E-state index in [1.165, 1.54) is 16.7 Å². The fourth-order valence-corrected chi connectivity index (χ4v) is 3.22. The van der Waals surface area contributed by atoms with Crippen molar-refractivity contribution < 1.29 is 18.7 Å². The van der Waals surface area contributed by atoms with Crippen LogP contribution >= 0.6 is 0 Å². The van der Waals surface area contributed by atoms with Crippen molar-refractivity contribution in [1.29, 1.82) is 0 Å². The highest BCUT2D eigenvalue weighted by molar-refractivity contribution is 6.06. The molecule has 8 heteroatoms. The summed E-state index contributed by atoms with van der Waals surface area (Å²) >= 11 is 0. The molecule has 0 fully saturated rings. The maximum absolute atomic E-state index is 12.6. The first-order valence-electron chi connectivity index (χ1n) is 10.1. The standard InChI is InChI=1S/C24H21N3O5/c1-2-31-19-11-9-18(10-12-19)25-22(28)15-27-20-14-16(8-13-21(20)32-24(27)30)23(29)26-17-6-4-3-5-7-17/h3-14H,2,15H2,1H3,(H,25,28)(H,26,29). The maximum atomic E-state index is 12.6. The number of rotatable bonds is 7. The summed E-state index contributed by atoms with van der Waals surface area (Å²) in [6.45, 7) is 2.18. The fourth-order valence-electron chi connectivity index (χ4n) is 3.22. The molecule has 0 aliphatic carbocycles. The molecule has 0 bridgehead atoms. The van der Waals surface area contributed by atoms with Gasteiger partial charge in [0.2, 0.25) is 5.91 Å². The van der Waals surface area contributed by atoms with Gasteiger partial charge in [-0.1, -0.05) is 18.2 Å². The highest BCUT2D eigenvalue weighted by atomic mass is 16.5. The Bertz CT molecular complexity index is 1310. The summed E-state index contributed by atoms with van der Waals surface area (Å²) < 4.78 is 11.8. The second-order valence-corrected chi connectivity index (χ2v) is 6.96. The van der Waals surface area contributed by atoms with E-state index < -0.39 is 11.7 Å². The molecule has 162 valence electrons. The van der Waals surface area contributed by atoms with E-state index in [0.29, 0.717) is 40.4 Å². The van der Waals surface area contributed by atoms with Crippen molar-refractivity contribution in [2.45, 2.75) is 13.5 Å². The molecule has 0 unspecified atom stereocenters. The predicted molar refractivity (Wildman–Crippen MR) is 121 cm³/mol. The van der Waals surface area contributed by atoms with Gasteiger partial charge in [-0.05, 0) is 61.5 Å². The van der Waals surface area contributed by atoms with E-state index in [-0.39, 0.29) is 12.5 Å². The third-order valence-electron chi connectivity index (χ3n) is 4.71. The van der Waals surface area contributed by atoms with Gasteiger partial charge in [0.25, 0.3) is 5.91 Å².